The zero-order chi connectivity index (χ0) is 20.3. The largest absolute Gasteiger partial charge is 0.493 e. The van der Waals surface area contributed by atoms with E-state index in [-0.39, 0.29) is 36.3 Å². The Morgan fingerprint density at radius 1 is 1.39 bits per heavy atom. The molecule has 2 heterocycles. The summed E-state index contributed by atoms with van der Waals surface area (Å²) >= 11 is 0. The lowest BCUT2D eigenvalue weighted by atomic mass is 10.1. The SMILES string of the molecule is Cc1ccc(C)c(OCCCN(C)C(=O)c2cc3n(n2)C[C@@H](O)CNC3=O)c1. The van der Waals surface area contributed by atoms with Crippen LogP contribution in [0.15, 0.2) is 24.3 Å². The average Bonchev–Trinajstić information content (AvgIpc) is 3.03. The van der Waals surface area contributed by atoms with Gasteiger partial charge in [0, 0.05) is 26.2 Å². The van der Waals surface area contributed by atoms with Crippen LogP contribution in [-0.4, -0.2) is 64.4 Å². The van der Waals surface area contributed by atoms with Crippen molar-refractivity contribution in [2.45, 2.75) is 32.9 Å². The van der Waals surface area contributed by atoms with Gasteiger partial charge >= 0.3 is 0 Å². The molecule has 8 nitrogen and oxygen atoms in total. The fraction of sp³-hybridized carbons (Fsp3) is 0.450. The first-order chi connectivity index (χ1) is 13.3. The van der Waals surface area contributed by atoms with Crippen LogP contribution in [0.3, 0.4) is 0 Å². The number of ether oxygens (including phenoxy) is 1. The lowest BCUT2D eigenvalue weighted by molar-refractivity contribution is 0.0779. The highest BCUT2D eigenvalue weighted by atomic mass is 16.5. The van der Waals surface area contributed by atoms with E-state index in [2.05, 4.69) is 10.4 Å². The van der Waals surface area contributed by atoms with Gasteiger partial charge in [0.15, 0.2) is 5.69 Å². The number of carbonyl (C=O) groups is 2. The molecule has 0 unspecified atom stereocenters. The maximum atomic E-state index is 12.6. The molecule has 3 rings (SSSR count). The number of amides is 2. The number of carbonyl (C=O) groups excluding carboxylic acids is 2. The fourth-order valence-corrected chi connectivity index (χ4v) is 3.05. The number of hydrogen-bond donors (Lipinski definition) is 2. The van der Waals surface area contributed by atoms with E-state index < -0.39 is 6.10 Å². The molecule has 2 amide bonds. The number of hydrogen-bond acceptors (Lipinski definition) is 5. The van der Waals surface area contributed by atoms with Crippen molar-refractivity contribution >= 4 is 11.8 Å². The van der Waals surface area contributed by atoms with Crippen LogP contribution >= 0.6 is 0 Å². The number of rotatable bonds is 6. The zero-order valence-electron chi connectivity index (χ0n) is 16.4. The van der Waals surface area contributed by atoms with E-state index in [0.29, 0.717) is 19.6 Å². The van der Waals surface area contributed by atoms with E-state index >= 15 is 0 Å². The number of aryl methyl sites for hydroxylation is 2. The molecule has 0 spiro atoms. The van der Waals surface area contributed by atoms with Crippen molar-refractivity contribution < 1.29 is 19.4 Å². The van der Waals surface area contributed by atoms with E-state index in [0.717, 1.165) is 16.9 Å². The van der Waals surface area contributed by atoms with Gasteiger partial charge in [0.05, 0.1) is 19.3 Å². The molecule has 0 fully saturated rings. The van der Waals surface area contributed by atoms with Gasteiger partial charge in [0.1, 0.15) is 11.4 Å². The van der Waals surface area contributed by atoms with E-state index in [1.54, 1.807) is 11.9 Å². The molecule has 0 radical (unpaired) electrons. The van der Waals surface area contributed by atoms with Crippen molar-refractivity contribution in [2.75, 3.05) is 26.7 Å². The lowest BCUT2D eigenvalue weighted by Crippen LogP contribution is -2.31. The molecule has 1 aliphatic heterocycles. The van der Waals surface area contributed by atoms with E-state index in [9.17, 15) is 14.7 Å². The summed E-state index contributed by atoms with van der Waals surface area (Å²) in [7, 11) is 1.69. The summed E-state index contributed by atoms with van der Waals surface area (Å²) < 4.78 is 7.21. The molecule has 0 saturated carbocycles. The quantitative estimate of drug-likeness (QED) is 0.726. The second kappa shape index (κ2) is 8.43. The standard InChI is InChI=1S/C20H26N4O4/c1-13-5-6-14(2)18(9-13)28-8-4-7-23(3)20(27)16-10-17-19(26)21-11-15(25)12-24(17)22-16/h5-6,9-10,15,25H,4,7-8,11-12H2,1-3H3,(H,21,26)/t15-/m0/s1. The monoisotopic (exact) mass is 386 g/mol. The first-order valence-electron chi connectivity index (χ1n) is 9.35. The topological polar surface area (TPSA) is 96.7 Å². The average molecular weight is 386 g/mol. The van der Waals surface area contributed by atoms with E-state index in [4.69, 9.17) is 4.74 Å². The number of nitrogens with zero attached hydrogens (tertiary/aromatic N) is 3. The Morgan fingerprint density at radius 3 is 2.96 bits per heavy atom. The molecule has 1 atom stereocenters. The molecule has 1 aromatic carbocycles. The van der Waals surface area contributed by atoms with Crippen LogP contribution < -0.4 is 10.1 Å². The Bertz CT molecular complexity index is 877. The van der Waals surface area contributed by atoms with Crippen LogP contribution in [0.4, 0.5) is 0 Å². The highest BCUT2D eigenvalue weighted by molar-refractivity contribution is 5.98. The number of aliphatic hydroxyl groups is 1. The third-order valence-electron chi connectivity index (χ3n) is 4.70. The molecule has 28 heavy (non-hydrogen) atoms. The predicted octanol–water partition coefficient (Wildman–Crippen LogP) is 1.15. The number of aromatic nitrogens is 2. The Morgan fingerprint density at radius 2 is 2.18 bits per heavy atom. The van der Waals surface area contributed by atoms with Crippen molar-refractivity contribution in [2.24, 2.45) is 0 Å². The Balaban J connectivity index is 1.55. The first kappa shape index (κ1) is 19.9. The van der Waals surface area contributed by atoms with Gasteiger partial charge in [-0.3, -0.25) is 14.3 Å². The third kappa shape index (κ3) is 4.51. The predicted molar refractivity (Wildman–Crippen MR) is 104 cm³/mol. The minimum Gasteiger partial charge on any atom is -0.493 e. The summed E-state index contributed by atoms with van der Waals surface area (Å²) in [6.45, 7) is 5.36. The first-order valence-corrected chi connectivity index (χ1v) is 9.35. The van der Waals surface area contributed by atoms with Crippen molar-refractivity contribution in [1.29, 1.82) is 0 Å². The summed E-state index contributed by atoms with van der Waals surface area (Å²) in [5.41, 5.74) is 2.69. The Hall–Kier alpha value is -2.87. The zero-order valence-corrected chi connectivity index (χ0v) is 16.4. The summed E-state index contributed by atoms with van der Waals surface area (Å²) in [5, 5.41) is 16.6. The summed E-state index contributed by atoms with van der Waals surface area (Å²) in [4.78, 5) is 26.2. The van der Waals surface area contributed by atoms with Crippen LogP contribution in [-0.2, 0) is 6.54 Å². The van der Waals surface area contributed by atoms with Gasteiger partial charge < -0.3 is 20.1 Å². The van der Waals surface area contributed by atoms with Crippen LogP contribution in [0.5, 0.6) is 5.75 Å². The second-order valence-electron chi connectivity index (χ2n) is 7.16. The molecule has 0 bridgehead atoms. The number of β-amino-alcohol motifs (C(OH)–C–C–N with tert-alkyl or cyclic N) is 1. The normalized spacial score (nSPS) is 16.1. The molecular formula is C20H26N4O4. The molecule has 150 valence electrons. The van der Waals surface area contributed by atoms with Crippen LogP contribution in [0.25, 0.3) is 0 Å². The van der Waals surface area contributed by atoms with Gasteiger partial charge in [-0.25, -0.2) is 0 Å². The molecule has 0 saturated heterocycles. The highest BCUT2D eigenvalue weighted by Gasteiger charge is 2.25. The van der Waals surface area contributed by atoms with Gasteiger partial charge in [0.2, 0.25) is 0 Å². The fourth-order valence-electron chi connectivity index (χ4n) is 3.05. The van der Waals surface area contributed by atoms with E-state index in [1.165, 1.54) is 10.7 Å². The van der Waals surface area contributed by atoms with E-state index in [1.807, 2.05) is 32.0 Å². The van der Waals surface area contributed by atoms with Crippen molar-refractivity contribution in [3.63, 3.8) is 0 Å². The molecule has 2 aromatic rings. The second-order valence-corrected chi connectivity index (χ2v) is 7.16. The minimum absolute atomic E-state index is 0.172. The highest BCUT2D eigenvalue weighted by Crippen LogP contribution is 2.19. The molecule has 1 aliphatic rings. The van der Waals surface area contributed by atoms with Crippen molar-refractivity contribution in [3.05, 3.63) is 46.8 Å². The molecule has 1 aromatic heterocycles. The molecule has 2 N–H and O–H groups in total. The van der Waals surface area contributed by atoms with Crippen LogP contribution in [0.1, 0.15) is 38.5 Å². The van der Waals surface area contributed by atoms with Crippen molar-refractivity contribution in [1.82, 2.24) is 20.0 Å². The van der Waals surface area contributed by atoms with Gasteiger partial charge in [-0.2, -0.15) is 5.10 Å². The Labute approximate surface area is 164 Å². The van der Waals surface area contributed by atoms with Gasteiger partial charge in [-0.05, 0) is 37.5 Å². The van der Waals surface area contributed by atoms with Gasteiger partial charge in [-0.15, -0.1) is 0 Å². The smallest absolute Gasteiger partial charge is 0.274 e. The van der Waals surface area contributed by atoms with Gasteiger partial charge in [0.25, 0.3) is 11.8 Å². The number of benzene rings is 1. The third-order valence-corrected chi connectivity index (χ3v) is 4.70. The summed E-state index contributed by atoms with van der Waals surface area (Å²) in [5.74, 6) is 0.249. The summed E-state index contributed by atoms with van der Waals surface area (Å²) in [6.07, 6.45) is -0.0597. The lowest BCUT2D eigenvalue weighted by Gasteiger charge is -2.16. The number of aliphatic hydroxyl groups excluding tert-OH is 1. The summed E-state index contributed by atoms with van der Waals surface area (Å²) in [6, 6.07) is 7.54. The van der Waals surface area contributed by atoms with Crippen LogP contribution in [0, 0.1) is 13.8 Å². The van der Waals surface area contributed by atoms with Crippen molar-refractivity contribution in [3.8, 4) is 5.75 Å². The Kier molecular flexibility index (Phi) is 5.99. The minimum atomic E-state index is -0.729. The maximum absolute atomic E-state index is 12.6. The maximum Gasteiger partial charge on any atom is 0.274 e. The molecule has 0 aliphatic carbocycles. The number of fused-ring (bicyclic) bond motifs is 1. The number of nitrogens with one attached hydrogen (secondary N) is 1. The molecular weight excluding hydrogens is 360 g/mol. The van der Waals surface area contributed by atoms with Gasteiger partial charge in [-0.1, -0.05) is 12.1 Å². The molecule has 8 heteroatoms. The van der Waals surface area contributed by atoms with Crippen LogP contribution in [0.2, 0.25) is 0 Å².